The summed E-state index contributed by atoms with van der Waals surface area (Å²) in [5.74, 6) is 0.0855. The third-order valence-corrected chi connectivity index (χ3v) is 6.79. The Morgan fingerprint density at radius 2 is 1.83 bits per heavy atom. The lowest BCUT2D eigenvalue weighted by atomic mass is 9.91. The molecule has 2 aromatic carbocycles. The molecule has 1 atom stereocenters. The van der Waals surface area contributed by atoms with Gasteiger partial charge in [0.05, 0.1) is 6.04 Å². The zero-order valence-corrected chi connectivity index (χ0v) is 18.1. The summed E-state index contributed by atoms with van der Waals surface area (Å²) < 4.78 is 0. The highest BCUT2D eigenvalue weighted by atomic mass is 35.5. The smallest absolute Gasteiger partial charge is 0.254 e. The van der Waals surface area contributed by atoms with E-state index >= 15 is 0 Å². The van der Waals surface area contributed by atoms with Crippen molar-refractivity contribution in [1.29, 1.82) is 0 Å². The fourth-order valence-corrected chi connectivity index (χ4v) is 4.94. The monoisotopic (exact) mass is 416 g/mol. The summed E-state index contributed by atoms with van der Waals surface area (Å²) in [4.78, 5) is 19.4. The Morgan fingerprint density at radius 1 is 1.07 bits per heavy atom. The molecule has 0 radical (unpaired) electrons. The Morgan fingerprint density at radius 3 is 2.63 bits per heavy atom. The first-order chi connectivity index (χ1) is 14.5. The van der Waals surface area contributed by atoms with E-state index in [9.17, 15) is 4.79 Å². The number of carbonyl (C=O) groups excluding carboxylic acids is 1. The Labute approximate surface area is 181 Å². The quantitative estimate of drug-likeness (QED) is 0.659. The first-order valence-electron chi connectivity index (χ1n) is 10.6. The number of aryl methyl sites for hydroxylation is 1. The Bertz CT molecular complexity index is 1250. The molecule has 1 N–H and O–H groups in total. The maximum Gasteiger partial charge on any atom is 0.254 e. The standard InChI is InChI=1S/C26H25ClN2O/c1-16-6-5-8-20(17(16)2)26(30)29-15-14-22-21-7-3-4-9-23(21)28-24(22)25(29)18-10-12-19(27)13-11-18/h5-13,25,28H,3-4,14-15H2,1-2H3. The predicted molar refractivity (Wildman–Crippen MR) is 122 cm³/mol. The molecule has 0 bridgehead atoms. The number of H-pyrrole nitrogens is 1. The van der Waals surface area contributed by atoms with Gasteiger partial charge in [-0.1, -0.05) is 48.0 Å². The van der Waals surface area contributed by atoms with Gasteiger partial charge in [0.15, 0.2) is 0 Å². The minimum atomic E-state index is -0.147. The molecule has 0 spiro atoms. The van der Waals surface area contributed by atoms with Crippen LogP contribution in [0, 0.1) is 13.8 Å². The van der Waals surface area contributed by atoms with Crippen molar-refractivity contribution in [3.63, 3.8) is 0 Å². The van der Waals surface area contributed by atoms with Crippen LogP contribution in [0.3, 0.4) is 0 Å². The molecule has 2 heterocycles. The van der Waals surface area contributed by atoms with Crippen molar-refractivity contribution in [2.75, 3.05) is 6.54 Å². The lowest BCUT2D eigenvalue weighted by Gasteiger charge is -2.36. The van der Waals surface area contributed by atoms with Gasteiger partial charge in [0, 0.05) is 28.2 Å². The SMILES string of the molecule is Cc1cccc(C(=O)N2CCc3c([nH]c4c3=CCCC=4)C2c2ccc(Cl)cc2)c1C. The second-order valence-corrected chi connectivity index (χ2v) is 8.72. The van der Waals surface area contributed by atoms with Crippen molar-refractivity contribution in [1.82, 2.24) is 9.88 Å². The van der Waals surface area contributed by atoms with Crippen LogP contribution in [-0.4, -0.2) is 22.3 Å². The average Bonchev–Trinajstić information content (AvgIpc) is 3.14. The molecule has 152 valence electrons. The number of fused-ring (bicyclic) bond motifs is 3. The molecule has 0 saturated carbocycles. The van der Waals surface area contributed by atoms with E-state index in [1.54, 1.807) is 0 Å². The van der Waals surface area contributed by atoms with E-state index < -0.39 is 0 Å². The zero-order chi connectivity index (χ0) is 20.8. The highest BCUT2D eigenvalue weighted by Gasteiger charge is 2.35. The highest BCUT2D eigenvalue weighted by molar-refractivity contribution is 6.30. The molecule has 5 rings (SSSR count). The fourth-order valence-electron chi connectivity index (χ4n) is 4.81. The number of hydrogen-bond donors (Lipinski definition) is 1. The normalized spacial score (nSPS) is 17.6. The number of aromatic nitrogens is 1. The molecule has 30 heavy (non-hydrogen) atoms. The fraction of sp³-hybridized carbons (Fsp3) is 0.269. The van der Waals surface area contributed by atoms with Gasteiger partial charge in [0.25, 0.3) is 5.91 Å². The molecule has 1 aliphatic carbocycles. The van der Waals surface area contributed by atoms with E-state index in [2.05, 4.69) is 30.1 Å². The summed E-state index contributed by atoms with van der Waals surface area (Å²) in [6.45, 7) is 4.79. The van der Waals surface area contributed by atoms with Gasteiger partial charge < -0.3 is 9.88 Å². The van der Waals surface area contributed by atoms with Crippen molar-refractivity contribution in [3.05, 3.63) is 91.6 Å². The van der Waals surface area contributed by atoms with E-state index in [0.29, 0.717) is 11.6 Å². The van der Waals surface area contributed by atoms with Crippen LogP contribution in [0.15, 0.2) is 42.5 Å². The molecular formula is C26H25ClN2O. The molecule has 0 fully saturated rings. The third kappa shape index (κ3) is 3.09. The zero-order valence-electron chi connectivity index (χ0n) is 17.3. The molecule has 2 aliphatic rings. The van der Waals surface area contributed by atoms with Crippen LogP contribution in [-0.2, 0) is 6.42 Å². The number of aromatic amines is 1. The van der Waals surface area contributed by atoms with Gasteiger partial charge in [-0.2, -0.15) is 0 Å². The van der Waals surface area contributed by atoms with E-state index in [1.807, 2.05) is 48.2 Å². The number of nitrogens with one attached hydrogen (secondary N) is 1. The lowest BCUT2D eigenvalue weighted by molar-refractivity contribution is 0.0690. The van der Waals surface area contributed by atoms with Gasteiger partial charge in [-0.3, -0.25) is 4.79 Å². The van der Waals surface area contributed by atoms with Gasteiger partial charge in [-0.05, 0) is 78.8 Å². The van der Waals surface area contributed by atoms with Crippen molar-refractivity contribution < 1.29 is 4.79 Å². The van der Waals surface area contributed by atoms with Crippen LogP contribution >= 0.6 is 11.6 Å². The van der Waals surface area contributed by atoms with Gasteiger partial charge in [0.2, 0.25) is 0 Å². The molecule has 1 aliphatic heterocycles. The second-order valence-electron chi connectivity index (χ2n) is 8.28. The predicted octanol–water partition coefficient (Wildman–Crippen LogP) is 4.43. The Balaban J connectivity index is 1.68. The van der Waals surface area contributed by atoms with E-state index in [4.69, 9.17) is 11.6 Å². The van der Waals surface area contributed by atoms with Gasteiger partial charge >= 0.3 is 0 Å². The van der Waals surface area contributed by atoms with Gasteiger partial charge in [-0.15, -0.1) is 0 Å². The summed E-state index contributed by atoms with van der Waals surface area (Å²) >= 11 is 6.17. The number of amides is 1. The molecule has 1 amide bonds. The van der Waals surface area contributed by atoms with Gasteiger partial charge in [0.1, 0.15) is 0 Å². The Kier molecular flexibility index (Phi) is 4.79. The summed E-state index contributed by atoms with van der Waals surface area (Å²) in [6, 6.07) is 13.7. The van der Waals surface area contributed by atoms with E-state index in [-0.39, 0.29) is 11.9 Å². The molecular weight excluding hydrogens is 392 g/mol. The average molecular weight is 417 g/mol. The van der Waals surface area contributed by atoms with Crippen LogP contribution < -0.4 is 10.6 Å². The molecule has 1 unspecified atom stereocenters. The third-order valence-electron chi connectivity index (χ3n) is 6.54. The van der Waals surface area contributed by atoms with Crippen molar-refractivity contribution >= 4 is 29.7 Å². The number of carbonyl (C=O) groups is 1. The van der Waals surface area contributed by atoms with Crippen LogP contribution in [0.4, 0.5) is 0 Å². The summed E-state index contributed by atoms with van der Waals surface area (Å²) in [5, 5.41) is 3.23. The lowest BCUT2D eigenvalue weighted by Crippen LogP contribution is -2.42. The molecule has 4 heteroatoms. The molecule has 0 saturated heterocycles. The van der Waals surface area contributed by atoms with E-state index in [1.165, 1.54) is 16.1 Å². The highest BCUT2D eigenvalue weighted by Crippen LogP contribution is 2.35. The van der Waals surface area contributed by atoms with Crippen molar-refractivity contribution in [2.24, 2.45) is 0 Å². The maximum absolute atomic E-state index is 13.7. The largest absolute Gasteiger partial charge is 0.356 e. The minimum absolute atomic E-state index is 0.0855. The Hall–Kier alpha value is -2.78. The van der Waals surface area contributed by atoms with Crippen LogP contribution in [0.25, 0.3) is 12.2 Å². The topological polar surface area (TPSA) is 36.1 Å². The minimum Gasteiger partial charge on any atom is -0.356 e. The van der Waals surface area contributed by atoms with E-state index in [0.717, 1.165) is 47.2 Å². The number of halogens is 1. The maximum atomic E-state index is 13.7. The number of rotatable bonds is 2. The molecule has 3 aromatic rings. The second kappa shape index (κ2) is 7.48. The first-order valence-corrected chi connectivity index (χ1v) is 11.0. The van der Waals surface area contributed by atoms with Crippen LogP contribution in [0.1, 0.15) is 57.2 Å². The molecule has 1 aromatic heterocycles. The first kappa shape index (κ1) is 19.2. The number of hydrogen-bond acceptors (Lipinski definition) is 1. The van der Waals surface area contributed by atoms with Crippen molar-refractivity contribution in [2.45, 2.75) is 39.2 Å². The number of nitrogens with zero attached hydrogens (tertiary/aromatic N) is 1. The molecule has 3 nitrogen and oxygen atoms in total. The number of benzene rings is 2. The summed E-state index contributed by atoms with van der Waals surface area (Å²) in [7, 11) is 0. The summed E-state index contributed by atoms with van der Waals surface area (Å²) in [6.07, 6.45) is 7.62. The van der Waals surface area contributed by atoms with Crippen LogP contribution in [0.5, 0.6) is 0 Å². The van der Waals surface area contributed by atoms with Crippen molar-refractivity contribution in [3.8, 4) is 0 Å². The summed E-state index contributed by atoms with van der Waals surface area (Å²) in [5.41, 5.74) is 6.55. The van der Waals surface area contributed by atoms with Gasteiger partial charge in [-0.25, -0.2) is 0 Å². The van der Waals surface area contributed by atoms with Crippen LogP contribution in [0.2, 0.25) is 5.02 Å².